The van der Waals surface area contributed by atoms with E-state index < -0.39 is 5.97 Å². The number of carboxylic acid groups (broad SMARTS) is 1. The summed E-state index contributed by atoms with van der Waals surface area (Å²) in [6, 6.07) is 4.87. The standard InChI is InChI=1S/C10H10N2O3/c1-15-8-3-2-6(11)5-4-7(10(13)14)12-9(5)8/h2-4,12H,11H2,1H3,(H,13,14). The average Bonchev–Trinajstić information content (AvgIpc) is 2.64. The van der Waals surface area contributed by atoms with Gasteiger partial charge in [0.25, 0.3) is 0 Å². The van der Waals surface area contributed by atoms with Crippen LogP contribution in [-0.4, -0.2) is 23.2 Å². The van der Waals surface area contributed by atoms with Crippen molar-refractivity contribution in [1.29, 1.82) is 0 Å². The molecule has 0 fully saturated rings. The fraction of sp³-hybridized carbons (Fsp3) is 0.100. The SMILES string of the molecule is COc1ccc(N)c2cc(C(=O)O)[nH]c12. The van der Waals surface area contributed by atoms with Gasteiger partial charge in [0.2, 0.25) is 0 Å². The molecule has 2 aromatic rings. The van der Waals surface area contributed by atoms with Crippen LogP contribution in [0.3, 0.4) is 0 Å². The molecule has 0 atom stereocenters. The summed E-state index contributed by atoms with van der Waals surface area (Å²) in [5.41, 5.74) is 6.95. The fourth-order valence-electron chi connectivity index (χ4n) is 1.50. The number of aromatic amines is 1. The molecule has 78 valence electrons. The van der Waals surface area contributed by atoms with E-state index in [1.54, 1.807) is 12.1 Å². The maximum Gasteiger partial charge on any atom is 0.352 e. The third-order valence-electron chi connectivity index (χ3n) is 2.24. The van der Waals surface area contributed by atoms with Crippen LogP contribution in [0.2, 0.25) is 0 Å². The van der Waals surface area contributed by atoms with Crippen LogP contribution in [0.1, 0.15) is 10.5 Å². The van der Waals surface area contributed by atoms with E-state index in [2.05, 4.69) is 4.98 Å². The third-order valence-corrected chi connectivity index (χ3v) is 2.24. The Morgan fingerprint density at radius 3 is 2.87 bits per heavy atom. The smallest absolute Gasteiger partial charge is 0.352 e. The van der Waals surface area contributed by atoms with Crippen LogP contribution < -0.4 is 10.5 Å². The number of anilines is 1. The van der Waals surface area contributed by atoms with Crippen LogP contribution in [0.25, 0.3) is 10.9 Å². The molecule has 5 nitrogen and oxygen atoms in total. The number of hydrogen-bond acceptors (Lipinski definition) is 3. The van der Waals surface area contributed by atoms with Gasteiger partial charge < -0.3 is 20.6 Å². The highest BCUT2D eigenvalue weighted by molar-refractivity contribution is 6.01. The van der Waals surface area contributed by atoms with Gasteiger partial charge in [-0.15, -0.1) is 0 Å². The van der Waals surface area contributed by atoms with Crippen molar-refractivity contribution >= 4 is 22.6 Å². The Hall–Kier alpha value is -2.17. The van der Waals surface area contributed by atoms with Gasteiger partial charge in [-0.3, -0.25) is 0 Å². The Labute approximate surface area is 85.5 Å². The molecule has 15 heavy (non-hydrogen) atoms. The fourth-order valence-corrected chi connectivity index (χ4v) is 1.50. The van der Waals surface area contributed by atoms with Crippen molar-refractivity contribution < 1.29 is 14.6 Å². The molecule has 2 rings (SSSR count). The molecule has 0 unspecified atom stereocenters. The maximum atomic E-state index is 10.8. The number of nitrogens with one attached hydrogen (secondary N) is 1. The van der Waals surface area contributed by atoms with E-state index in [0.717, 1.165) is 0 Å². The van der Waals surface area contributed by atoms with E-state index in [9.17, 15) is 4.79 Å². The first-order chi connectivity index (χ1) is 7.13. The molecular formula is C10H10N2O3. The average molecular weight is 206 g/mol. The van der Waals surface area contributed by atoms with Crippen LogP contribution in [0.4, 0.5) is 5.69 Å². The number of nitrogen functional groups attached to an aromatic ring is 1. The van der Waals surface area contributed by atoms with Gasteiger partial charge in [0.15, 0.2) is 0 Å². The van der Waals surface area contributed by atoms with Crippen molar-refractivity contribution in [2.24, 2.45) is 0 Å². The lowest BCUT2D eigenvalue weighted by atomic mass is 10.2. The molecule has 0 amide bonds. The second-order valence-corrected chi connectivity index (χ2v) is 3.13. The number of nitrogens with two attached hydrogens (primary N) is 1. The highest BCUT2D eigenvalue weighted by Crippen LogP contribution is 2.30. The van der Waals surface area contributed by atoms with Gasteiger partial charge in [-0.25, -0.2) is 4.79 Å². The quantitative estimate of drug-likeness (QED) is 0.649. The zero-order valence-electron chi connectivity index (χ0n) is 8.07. The highest BCUT2D eigenvalue weighted by atomic mass is 16.5. The summed E-state index contributed by atoms with van der Waals surface area (Å²) < 4.78 is 5.10. The number of rotatable bonds is 2. The van der Waals surface area contributed by atoms with Gasteiger partial charge in [-0.05, 0) is 18.2 Å². The first-order valence-electron chi connectivity index (χ1n) is 4.32. The van der Waals surface area contributed by atoms with Crippen LogP contribution in [0.5, 0.6) is 5.75 Å². The lowest BCUT2D eigenvalue weighted by Crippen LogP contribution is -1.95. The largest absolute Gasteiger partial charge is 0.495 e. The van der Waals surface area contributed by atoms with Crippen molar-refractivity contribution in [3.8, 4) is 5.75 Å². The molecule has 0 radical (unpaired) electrons. The molecular weight excluding hydrogens is 196 g/mol. The van der Waals surface area contributed by atoms with E-state index in [0.29, 0.717) is 22.3 Å². The number of carboxylic acids is 1. The zero-order valence-corrected chi connectivity index (χ0v) is 8.07. The molecule has 1 aromatic carbocycles. The summed E-state index contributed by atoms with van der Waals surface area (Å²) in [5.74, 6) is -0.445. The normalized spacial score (nSPS) is 10.5. The number of carbonyl (C=O) groups is 1. The number of benzene rings is 1. The lowest BCUT2D eigenvalue weighted by Gasteiger charge is -2.02. The summed E-state index contributed by atoms with van der Waals surface area (Å²) in [7, 11) is 1.52. The summed E-state index contributed by atoms with van der Waals surface area (Å²) in [5, 5.41) is 9.49. The summed E-state index contributed by atoms with van der Waals surface area (Å²) in [6.45, 7) is 0. The first-order valence-corrected chi connectivity index (χ1v) is 4.32. The van der Waals surface area contributed by atoms with Crippen LogP contribution in [-0.2, 0) is 0 Å². The second kappa shape index (κ2) is 3.20. The lowest BCUT2D eigenvalue weighted by molar-refractivity contribution is 0.0691. The molecule has 0 aliphatic rings. The molecule has 0 saturated carbocycles. The molecule has 0 saturated heterocycles. The van der Waals surface area contributed by atoms with Crippen LogP contribution in [0, 0.1) is 0 Å². The number of ether oxygens (including phenoxy) is 1. The molecule has 1 aromatic heterocycles. The van der Waals surface area contributed by atoms with Crippen molar-refractivity contribution in [2.45, 2.75) is 0 Å². The second-order valence-electron chi connectivity index (χ2n) is 3.13. The van der Waals surface area contributed by atoms with Crippen molar-refractivity contribution in [1.82, 2.24) is 4.98 Å². The minimum Gasteiger partial charge on any atom is -0.495 e. The van der Waals surface area contributed by atoms with Crippen LogP contribution in [0.15, 0.2) is 18.2 Å². The first kappa shape index (κ1) is 9.39. The van der Waals surface area contributed by atoms with E-state index >= 15 is 0 Å². The number of H-pyrrole nitrogens is 1. The maximum absolute atomic E-state index is 10.8. The van der Waals surface area contributed by atoms with E-state index in [4.69, 9.17) is 15.6 Å². The number of aromatic carboxylic acids is 1. The highest BCUT2D eigenvalue weighted by Gasteiger charge is 2.12. The topological polar surface area (TPSA) is 88.3 Å². The Morgan fingerprint density at radius 2 is 2.27 bits per heavy atom. The van der Waals surface area contributed by atoms with Crippen molar-refractivity contribution in [3.05, 3.63) is 23.9 Å². The number of fused-ring (bicyclic) bond motifs is 1. The molecule has 4 N–H and O–H groups in total. The summed E-state index contributed by atoms with van der Waals surface area (Å²) >= 11 is 0. The zero-order chi connectivity index (χ0) is 11.0. The molecule has 0 aliphatic carbocycles. The Kier molecular flexibility index (Phi) is 2.00. The minimum absolute atomic E-state index is 0.0983. The Bertz CT molecular complexity index is 531. The molecule has 1 heterocycles. The predicted molar refractivity (Wildman–Crippen MR) is 56.2 cm³/mol. The van der Waals surface area contributed by atoms with E-state index in [1.165, 1.54) is 13.2 Å². The van der Waals surface area contributed by atoms with Gasteiger partial charge in [0, 0.05) is 11.1 Å². The van der Waals surface area contributed by atoms with Gasteiger partial charge in [-0.1, -0.05) is 0 Å². The van der Waals surface area contributed by atoms with Gasteiger partial charge in [0.05, 0.1) is 12.6 Å². The summed E-state index contributed by atoms with van der Waals surface area (Å²) in [6.07, 6.45) is 0. The predicted octanol–water partition coefficient (Wildman–Crippen LogP) is 1.46. The monoisotopic (exact) mass is 206 g/mol. The minimum atomic E-state index is -1.02. The molecule has 0 spiro atoms. The number of aromatic nitrogens is 1. The van der Waals surface area contributed by atoms with Gasteiger partial charge in [-0.2, -0.15) is 0 Å². The van der Waals surface area contributed by atoms with Crippen molar-refractivity contribution in [3.63, 3.8) is 0 Å². The number of hydrogen-bond donors (Lipinski definition) is 3. The van der Waals surface area contributed by atoms with Crippen molar-refractivity contribution in [2.75, 3.05) is 12.8 Å². The Morgan fingerprint density at radius 1 is 1.53 bits per heavy atom. The third kappa shape index (κ3) is 1.38. The number of methoxy groups -OCH3 is 1. The Balaban J connectivity index is 2.77. The van der Waals surface area contributed by atoms with E-state index in [1.807, 2.05) is 0 Å². The summed E-state index contributed by atoms with van der Waals surface area (Å²) in [4.78, 5) is 13.5. The van der Waals surface area contributed by atoms with Gasteiger partial charge in [0.1, 0.15) is 11.4 Å². The van der Waals surface area contributed by atoms with Crippen LogP contribution >= 0.6 is 0 Å². The van der Waals surface area contributed by atoms with Gasteiger partial charge >= 0.3 is 5.97 Å². The van der Waals surface area contributed by atoms with E-state index in [-0.39, 0.29) is 5.69 Å². The molecule has 0 bridgehead atoms. The molecule has 0 aliphatic heterocycles. The molecule has 5 heteroatoms.